The summed E-state index contributed by atoms with van der Waals surface area (Å²) in [5, 5.41) is 10.9. The van der Waals surface area contributed by atoms with Gasteiger partial charge in [0.25, 0.3) is 0 Å². The monoisotopic (exact) mass is 223 g/mol. The van der Waals surface area contributed by atoms with Gasteiger partial charge >= 0.3 is 0 Å². The molecule has 16 heavy (non-hydrogen) atoms. The SMILES string of the molecule is C=C[C@H](c1ccccc1F)[C@@H](CC)[N+](=O)[O-]. The van der Waals surface area contributed by atoms with Crippen LogP contribution in [-0.2, 0) is 0 Å². The molecule has 86 valence electrons. The minimum absolute atomic E-state index is 0.334. The topological polar surface area (TPSA) is 43.1 Å². The van der Waals surface area contributed by atoms with Crippen LogP contribution in [-0.4, -0.2) is 11.0 Å². The first-order chi connectivity index (χ1) is 7.61. The van der Waals surface area contributed by atoms with E-state index in [1.165, 1.54) is 12.1 Å². The van der Waals surface area contributed by atoms with Gasteiger partial charge in [0.1, 0.15) is 5.82 Å². The van der Waals surface area contributed by atoms with Crippen LogP contribution in [0.1, 0.15) is 24.8 Å². The molecule has 4 heteroatoms. The lowest BCUT2D eigenvalue weighted by molar-refractivity contribution is -0.525. The third-order valence-electron chi connectivity index (χ3n) is 2.62. The zero-order chi connectivity index (χ0) is 12.1. The molecular weight excluding hydrogens is 209 g/mol. The Bertz CT molecular complexity index is 392. The Morgan fingerprint density at radius 3 is 2.62 bits per heavy atom. The Balaban J connectivity index is 3.11. The van der Waals surface area contributed by atoms with Crippen molar-refractivity contribution in [1.82, 2.24) is 0 Å². The van der Waals surface area contributed by atoms with Crippen molar-refractivity contribution in [2.24, 2.45) is 0 Å². The average molecular weight is 223 g/mol. The van der Waals surface area contributed by atoms with Crippen LogP contribution in [0.2, 0.25) is 0 Å². The van der Waals surface area contributed by atoms with Crippen molar-refractivity contribution in [3.05, 3.63) is 58.4 Å². The zero-order valence-electron chi connectivity index (χ0n) is 9.10. The summed E-state index contributed by atoms with van der Waals surface area (Å²) in [5.74, 6) is -1.01. The van der Waals surface area contributed by atoms with Crippen molar-refractivity contribution in [3.8, 4) is 0 Å². The number of nitrogens with zero attached hydrogens (tertiary/aromatic N) is 1. The molecule has 3 nitrogen and oxygen atoms in total. The minimum Gasteiger partial charge on any atom is -0.264 e. The van der Waals surface area contributed by atoms with E-state index in [-0.39, 0.29) is 4.92 Å². The number of benzene rings is 1. The van der Waals surface area contributed by atoms with Crippen LogP contribution in [0.5, 0.6) is 0 Å². The highest BCUT2D eigenvalue weighted by molar-refractivity contribution is 5.26. The van der Waals surface area contributed by atoms with Gasteiger partial charge in [-0.15, -0.1) is 6.58 Å². The molecule has 0 unspecified atom stereocenters. The second-order valence-corrected chi connectivity index (χ2v) is 3.54. The van der Waals surface area contributed by atoms with Gasteiger partial charge in [-0.05, 0) is 6.07 Å². The molecule has 0 N–H and O–H groups in total. The number of rotatable bonds is 5. The summed E-state index contributed by atoms with van der Waals surface area (Å²) < 4.78 is 13.5. The molecule has 0 spiro atoms. The molecule has 1 aromatic carbocycles. The first-order valence-corrected chi connectivity index (χ1v) is 5.12. The Kier molecular flexibility index (Phi) is 4.17. The third kappa shape index (κ3) is 2.45. The van der Waals surface area contributed by atoms with Gasteiger partial charge in [-0.2, -0.15) is 0 Å². The zero-order valence-corrected chi connectivity index (χ0v) is 9.10. The van der Waals surface area contributed by atoms with E-state index in [0.29, 0.717) is 12.0 Å². The van der Waals surface area contributed by atoms with Gasteiger partial charge in [0, 0.05) is 16.9 Å². The van der Waals surface area contributed by atoms with Crippen LogP contribution in [0.4, 0.5) is 4.39 Å². The van der Waals surface area contributed by atoms with E-state index >= 15 is 0 Å². The summed E-state index contributed by atoms with van der Waals surface area (Å²) in [6, 6.07) is 5.27. The van der Waals surface area contributed by atoms with E-state index in [9.17, 15) is 14.5 Å². The van der Waals surface area contributed by atoms with Crippen molar-refractivity contribution in [3.63, 3.8) is 0 Å². The Hall–Kier alpha value is -1.71. The molecular formula is C12H14FNO2. The summed E-state index contributed by atoms with van der Waals surface area (Å²) in [6.07, 6.45) is 1.79. The molecule has 0 amide bonds. The van der Waals surface area contributed by atoms with Gasteiger partial charge in [-0.3, -0.25) is 10.1 Å². The standard InChI is InChI=1S/C12H14FNO2/c1-3-9(12(4-2)14(15)16)10-7-5-6-8-11(10)13/h3,5-9,12H,1,4H2,2H3/t9-,12-/m1/s1. The highest BCUT2D eigenvalue weighted by Crippen LogP contribution is 2.26. The van der Waals surface area contributed by atoms with Crippen LogP contribution in [0.15, 0.2) is 36.9 Å². The molecule has 1 aromatic rings. The fourth-order valence-electron chi connectivity index (χ4n) is 1.77. The molecule has 0 aliphatic carbocycles. The number of halogens is 1. The van der Waals surface area contributed by atoms with Crippen molar-refractivity contribution in [2.45, 2.75) is 25.3 Å². The van der Waals surface area contributed by atoms with Gasteiger partial charge < -0.3 is 0 Å². The quantitative estimate of drug-likeness (QED) is 0.437. The fraction of sp³-hybridized carbons (Fsp3) is 0.333. The first kappa shape index (κ1) is 12.4. The highest BCUT2D eigenvalue weighted by atomic mass is 19.1. The largest absolute Gasteiger partial charge is 0.264 e. The van der Waals surface area contributed by atoms with Crippen LogP contribution in [0, 0.1) is 15.9 Å². The molecule has 0 radical (unpaired) electrons. The second kappa shape index (κ2) is 5.39. The predicted molar refractivity (Wildman–Crippen MR) is 60.4 cm³/mol. The maximum atomic E-state index is 13.5. The lowest BCUT2D eigenvalue weighted by atomic mass is 9.90. The Labute approximate surface area is 93.7 Å². The van der Waals surface area contributed by atoms with Gasteiger partial charge in [0.05, 0.1) is 5.92 Å². The smallest absolute Gasteiger partial charge is 0.223 e. The Morgan fingerprint density at radius 2 is 2.19 bits per heavy atom. The van der Waals surface area contributed by atoms with Crippen molar-refractivity contribution < 1.29 is 9.31 Å². The number of hydrogen-bond donors (Lipinski definition) is 0. The molecule has 0 bridgehead atoms. The van der Waals surface area contributed by atoms with Crippen LogP contribution >= 0.6 is 0 Å². The highest BCUT2D eigenvalue weighted by Gasteiger charge is 2.30. The van der Waals surface area contributed by atoms with E-state index in [2.05, 4.69) is 6.58 Å². The molecule has 1 rings (SSSR count). The van der Waals surface area contributed by atoms with Crippen molar-refractivity contribution in [1.29, 1.82) is 0 Å². The van der Waals surface area contributed by atoms with E-state index < -0.39 is 17.8 Å². The number of hydrogen-bond acceptors (Lipinski definition) is 2. The Morgan fingerprint density at radius 1 is 1.56 bits per heavy atom. The van der Waals surface area contributed by atoms with Crippen molar-refractivity contribution >= 4 is 0 Å². The maximum absolute atomic E-state index is 13.5. The molecule has 0 heterocycles. The maximum Gasteiger partial charge on any atom is 0.223 e. The van der Waals surface area contributed by atoms with Crippen LogP contribution < -0.4 is 0 Å². The second-order valence-electron chi connectivity index (χ2n) is 3.54. The van der Waals surface area contributed by atoms with E-state index in [1.807, 2.05) is 0 Å². The molecule has 2 atom stereocenters. The minimum atomic E-state index is -0.825. The molecule has 0 aliphatic heterocycles. The van der Waals surface area contributed by atoms with Gasteiger partial charge in [0.2, 0.25) is 6.04 Å². The summed E-state index contributed by atoms with van der Waals surface area (Å²) in [5.41, 5.74) is 0.334. The van der Waals surface area contributed by atoms with E-state index in [0.717, 1.165) is 0 Å². The molecule has 0 fully saturated rings. The first-order valence-electron chi connectivity index (χ1n) is 5.12. The summed E-state index contributed by atoms with van der Waals surface area (Å²) in [7, 11) is 0. The predicted octanol–water partition coefficient (Wildman–Crippen LogP) is 3.15. The number of nitro groups is 1. The third-order valence-corrected chi connectivity index (χ3v) is 2.62. The lowest BCUT2D eigenvalue weighted by Gasteiger charge is -2.17. The molecule has 0 aromatic heterocycles. The van der Waals surface area contributed by atoms with Crippen molar-refractivity contribution in [2.75, 3.05) is 0 Å². The van der Waals surface area contributed by atoms with Crippen LogP contribution in [0.25, 0.3) is 0 Å². The average Bonchev–Trinajstić information content (AvgIpc) is 2.26. The summed E-state index contributed by atoms with van der Waals surface area (Å²) >= 11 is 0. The normalized spacial score (nSPS) is 14.1. The molecule has 0 saturated carbocycles. The van der Waals surface area contributed by atoms with E-state index in [4.69, 9.17) is 0 Å². The summed E-state index contributed by atoms with van der Waals surface area (Å²) in [4.78, 5) is 10.5. The van der Waals surface area contributed by atoms with E-state index in [1.54, 1.807) is 25.1 Å². The van der Waals surface area contributed by atoms with Gasteiger partial charge in [-0.1, -0.05) is 31.2 Å². The molecule has 0 aliphatic rings. The van der Waals surface area contributed by atoms with Gasteiger partial charge in [0.15, 0.2) is 0 Å². The van der Waals surface area contributed by atoms with Crippen LogP contribution in [0.3, 0.4) is 0 Å². The fourth-order valence-corrected chi connectivity index (χ4v) is 1.77. The lowest BCUT2D eigenvalue weighted by Crippen LogP contribution is -2.26. The van der Waals surface area contributed by atoms with Gasteiger partial charge in [-0.25, -0.2) is 4.39 Å². The summed E-state index contributed by atoms with van der Waals surface area (Å²) in [6.45, 7) is 5.27. The molecule has 0 saturated heterocycles.